The van der Waals surface area contributed by atoms with Crippen molar-refractivity contribution in [3.63, 3.8) is 0 Å². The van der Waals surface area contributed by atoms with Gasteiger partial charge in [-0.2, -0.15) is 0 Å². The zero-order valence-electron chi connectivity index (χ0n) is 17.1. The van der Waals surface area contributed by atoms with Crippen LogP contribution >= 0.6 is 0 Å². The number of hydrogen-bond donors (Lipinski definition) is 1. The number of rotatable bonds is 8. The van der Waals surface area contributed by atoms with Crippen molar-refractivity contribution in [3.05, 3.63) is 70.5 Å². The molecular formula is C23H29FN2O2. The molecule has 1 atom stereocenters. The van der Waals surface area contributed by atoms with E-state index < -0.39 is 6.04 Å². The molecule has 2 rings (SSSR count). The van der Waals surface area contributed by atoms with Gasteiger partial charge in [-0.15, -0.1) is 0 Å². The predicted molar refractivity (Wildman–Crippen MR) is 109 cm³/mol. The molecule has 2 amide bonds. The second-order valence-corrected chi connectivity index (χ2v) is 7.21. The molecule has 2 aromatic carbocycles. The Morgan fingerprint density at radius 1 is 1.04 bits per heavy atom. The van der Waals surface area contributed by atoms with E-state index in [1.54, 1.807) is 24.0 Å². The van der Waals surface area contributed by atoms with Crippen LogP contribution in [-0.2, 0) is 22.6 Å². The number of carbonyl (C=O) groups is 2. The molecule has 0 unspecified atom stereocenters. The number of nitrogens with one attached hydrogen (secondary N) is 1. The Kier molecular flexibility index (Phi) is 7.73. The smallest absolute Gasteiger partial charge is 0.242 e. The van der Waals surface area contributed by atoms with Crippen LogP contribution in [0.5, 0.6) is 0 Å². The summed E-state index contributed by atoms with van der Waals surface area (Å²) >= 11 is 0. The number of aryl methyl sites for hydroxylation is 2. The van der Waals surface area contributed by atoms with Crippen molar-refractivity contribution in [2.24, 2.45) is 0 Å². The third-order valence-corrected chi connectivity index (χ3v) is 4.91. The lowest BCUT2D eigenvalue weighted by Crippen LogP contribution is -2.48. The minimum absolute atomic E-state index is 0.133. The van der Waals surface area contributed by atoms with Gasteiger partial charge in [-0.05, 0) is 61.6 Å². The number of carbonyl (C=O) groups excluding carboxylic acids is 2. The zero-order valence-corrected chi connectivity index (χ0v) is 17.1. The van der Waals surface area contributed by atoms with Crippen molar-refractivity contribution in [2.45, 2.75) is 53.1 Å². The number of amides is 2. The third-order valence-electron chi connectivity index (χ3n) is 4.91. The molecule has 0 saturated heterocycles. The van der Waals surface area contributed by atoms with Crippen molar-refractivity contribution in [2.75, 3.05) is 6.54 Å². The Morgan fingerprint density at radius 2 is 1.68 bits per heavy atom. The van der Waals surface area contributed by atoms with E-state index in [-0.39, 0.29) is 30.6 Å². The van der Waals surface area contributed by atoms with Gasteiger partial charge in [-0.1, -0.05) is 37.3 Å². The van der Waals surface area contributed by atoms with Crippen LogP contribution in [0.1, 0.15) is 42.5 Å². The predicted octanol–water partition coefficient (Wildman–Crippen LogP) is 3.93. The van der Waals surface area contributed by atoms with E-state index in [1.165, 1.54) is 17.7 Å². The number of nitrogens with zero attached hydrogens (tertiary/aromatic N) is 1. The molecule has 0 aliphatic heterocycles. The summed E-state index contributed by atoms with van der Waals surface area (Å²) in [4.78, 5) is 27.1. The van der Waals surface area contributed by atoms with Gasteiger partial charge in [0.25, 0.3) is 0 Å². The van der Waals surface area contributed by atoms with Crippen molar-refractivity contribution in [1.29, 1.82) is 0 Å². The van der Waals surface area contributed by atoms with Gasteiger partial charge in [0.2, 0.25) is 11.8 Å². The Bertz CT molecular complexity index is 818. The maximum absolute atomic E-state index is 13.2. The van der Waals surface area contributed by atoms with Crippen LogP contribution in [0.2, 0.25) is 0 Å². The molecule has 0 bridgehead atoms. The van der Waals surface area contributed by atoms with Crippen molar-refractivity contribution < 1.29 is 14.0 Å². The van der Waals surface area contributed by atoms with E-state index in [1.807, 2.05) is 39.0 Å². The second kappa shape index (κ2) is 10.0. The standard InChI is InChI=1S/C23H29FN2O2/c1-5-12-25-23(28)18(4)26(15-19-8-10-21(24)11-9-19)22(27)14-20-7-6-16(2)17(3)13-20/h6-11,13,18H,5,12,14-15H2,1-4H3,(H,25,28)/t18-/m0/s1. The van der Waals surface area contributed by atoms with Crippen LogP contribution in [-0.4, -0.2) is 29.3 Å². The van der Waals surface area contributed by atoms with Gasteiger partial charge in [0.1, 0.15) is 11.9 Å². The summed E-state index contributed by atoms with van der Waals surface area (Å²) in [6, 6.07) is 11.3. The van der Waals surface area contributed by atoms with Gasteiger partial charge in [0.05, 0.1) is 6.42 Å². The van der Waals surface area contributed by atoms with Crippen molar-refractivity contribution in [1.82, 2.24) is 10.2 Å². The fraction of sp³-hybridized carbons (Fsp3) is 0.391. The molecule has 28 heavy (non-hydrogen) atoms. The van der Waals surface area contributed by atoms with Gasteiger partial charge in [-0.25, -0.2) is 4.39 Å². The first-order valence-corrected chi connectivity index (χ1v) is 9.69. The highest BCUT2D eigenvalue weighted by Gasteiger charge is 2.26. The van der Waals surface area contributed by atoms with Crippen molar-refractivity contribution in [3.8, 4) is 0 Å². The lowest BCUT2D eigenvalue weighted by Gasteiger charge is -2.29. The van der Waals surface area contributed by atoms with Crippen LogP contribution in [0, 0.1) is 19.7 Å². The van der Waals surface area contributed by atoms with E-state index in [2.05, 4.69) is 5.32 Å². The van der Waals surface area contributed by atoms with Gasteiger partial charge < -0.3 is 10.2 Å². The molecule has 0 spiro atoms. The molecule has 1 N–H and O–H groups in total. The molecule has 0 radical (unpaired) electrons. The molecule has 2 aromatic rings. The Labute approximate surface area is 166 Å². The largest absolute Gasteiger partial charge is 0.354 e. The normalized spacial score (nSPS) is 11.8. The molecule has 0 saturated carbocycles. The molecule has 5 heteroatoms. The first kappa shape index (κ1) is 21.6. The number of hydrogen-bond acceptors (Lipinski definition) is 2. The summed E-state index contributed by atoms with van der Waals surface area (Å²) in [6.07, 6.45) is 1.04. The molecule has 0 aliphatic rings. The number of benzene rings is 2. The average molecular weight is 384 g/mol. The lowest BCUT2D eigenvalue weighted by molar-refractivity contribution is -0.140. The molecule has 0 aromatic heterocycles. The SMILES string of the molecule is CCCNC(=O)[C@H](C)N(Cc1ccc(F)cc1)C(=O)Cc1ccc(C)c(C)c1. The molecule has 0 aliphatic carbocycles. The molecule has 0 fully saturated rings. The average Bonchev–Trinajstić information content (AvgIpc) is 2.67. The zero-order chi connectivity index (χ0) is 20.7. The Hall–Kier alpha value is -2.69. The quantitative estimate of drug-likeness (QED) is 0.750. The van der Waals surface area contributed by atoms with Gasteiger partial charge in [-0.3, -0.25) is 9.59 Å². The van der Waals surface area contributed by atoms with Crippen LogP contribution in [0.4, 0.5) is 4.39 Å². The van der Waals surface area contributed by atoms with E-state index >= 15 is 0 Å². The van der Waals surface area contributed by atoms with Gasteiger partial charge in [0.15, 0.2) is 0 Å². The molecular weight excluding hydrogens is 355 g/mol. The summed E-state index contributed by atoms with van der Waals surface area (Å²) in [6.45, 7) is 8.57. The first-order chi connectivity index (χ1) is 13.3. The first-order valence-electron chi connectivity index (χ1n) is 9.69. The van der Waals surface area contributed by atoms with Crippen molar-refractivity contribution >= 4 is 11.8 Å². The van der Waals surface area contributed by atoms with Crippen LogP contribution in [0.25, 0.3) is 0 Å². The maximum atomic E-state index is 13.2. The maximum Gasteiger partial charge on any atom is 0.242 e. The third kappa shape index (κ3) is 5.91. The van der Waals surface area contributed by atoms with Gasteiger partial charge >= 0.3 is 0 Å². The Balaban J connectivity index is 2.21. The van der Waals surface area contributed by atoms with Crippen LogP contribution < -0.4 is 5.32 Å². The van der Waals surface area contributed by atoms with Gasteiger partial charge in [0, 0.05) is 13.1 Å². The summed E-state index contributed by atoms with van der Waals surface area (Å²) in [5.74, 6) is -0.644. The molecule has 0 heterocycles. The van der Waals surface area contributed by atoms with E-state index in [9.17, 15) is 14.0 Å². The van der Waals surface area contributed by atoms with E-state index in [0.29, 0.717) is 6.54 Å². The monoisotopic (exact) mass is 384 g/mol. The summed E-state index contributed by atoms with van der Waals surface area (Å²) in [5.41, 5.74) is 4.00. The fourth-order valence-electron chi connectivity index (χ4n) is 2.95. The highest BCUT2D eigenvalue weighted by molar-refractivity contribution is 5.88. The summed E-state index contributed by atoms with van der Waals surface area (Å²) < 4.78 is 13.2. The Morgan fingerprint density at radius 3 is 2.29 bits per heavy atom. The van der Waals surface area contributed by atoms with E-state index in [0.717, 1.165) is 23.1 Å². The topological polar surface area (TPSA) is 49.4 Å². The minimum atomic E-state index is -0.615. The molecule has 4 nitrogen and oxygen atoms in total. The lowest BCUT2D eigenvalue weighted by atomic mass is 10.0. The highest BCUT2D eigenvalue weighted by atomic mass is 19.1. The second-order valence-electron chi connectivity index (χ2n) is 7.21. The van der Waals surface area contributed by atoms with Crippen LogP contribution in [0.15, 0.2) is 42.5 Å². The van der Waals surface area contributed by atoms with E-state index in [4.69, 9.17) is 0 Å². The molecule has 150 valence electrons. The number of halogens is 1. The summed E-state index contributed by atoms with van der Waals surface area (Å²) in [7, 11) is 0. The fourth-order valence-corrected chi connectivity index (χ4v) is 2.95. The van der Waals surface area contributed by atoms with Crippen LogP contribution in [0.3, 0.4) is 0 Å². The summed E-state index contributed by atoms with van der Waals surface area (Å²) in [5, 5.41) is 2.85. The highest BCUT2D eigenvalue weighted by Crippen LogP contribution is 2.15. The minimum Gasteiger partial charge on any atom is -0.354 e.